The highest BCUT2D eigenvalue weighted by molar-refractivity contribution is 7.85. The van der Waals surface area contributed by atoms with E-state index in [1.54, 1.807) is 6.07 Å². The number of amides is 2. The van der Waals surface area contributed by atoms with Gasteiger partial charge in [0.2, 0.25) is 0 Å². The molecule has 0 heterocycles. The molecule has 3 aromatic carbocycles. The smallest absolute Gasteiger partial charge is 0.408 e. The van der Waals surface area contributed by atoms with Crippen molar-refractivity contribution in [2.45, 2.75) is 161 Å². The van der Waals surface area contributed by atoms with E-state index in [1.165, 1.54) is 5.56 Å². The number of aryl methyl sites for hydroxylation is 3. The second-order valence-corrected chi connectivity index (χ2v) is 20.8. The molecule has 0 aromatic heterocycles. The lowest BCUT2D eigenvalue weighted by Gasteiger charge is -2.28. The van der Waals surface area contributed by atoms with E-state index in [4.69, 9.17) is 19.4 Å². The molecule has 2 amide bonds. The molecule has 19 heteroatoms. The largest absolute Gasteiger partial charge is 0.444 e. The molecule has 3 aliphatic carbocycles. The van der Waals surface area contributed by atoms with Crippen LogP contribution in [0.2, 0.25) is 0 Å². The van der Waals surface area contributed by atoms with E-state index >= 15 is 0 Å². The highest BCUT2D eigenvalue weighted by Gasteiger charge is 2.29. The molecule has 0 spiro atoms. The third kappa shape index (κ3) is 20.8. The Morgan fingerprint density at radius 1 is 0.612 bits per heavy atom. The van der Waals surface area contributed by atoms with E-state index in [1.807, 2.05) is 90.1 Å². The van der Waals surface area contributed by atoms with Crippen molar-refractivity contribution in [1.82, 2.24) is 21.3 Å². The van der Waals surface area contributed by atoms with Gasteiger partial charge in [0.25, 0.3) is 10.1 Å². The molecule has 374 valence electrons. The lowest BCUT2D eigenvalue weighted by molar-refractivity contribution is -0.125. The Bertz CT molecular complexity index is 2230. The summed E-state index contributed by atoms with van der Waals surface area (Å²) in [4.78, 5) is 24.0. The minimum absolute atomic E-state index is 0.0241. The molecule has 0 saturated heterocycles. The zero-order valence-electron chi connectivity index (χ0n) is 39.4. The summed E-state index contributed by atoms with van der Waals surface area (Å²) in [7, 11) is -3.46. The summed E-state index contributed by atoms with van der Waals surface area (Å²) >= 11 is 0. The molecule has 0 unspecified atom stereocenters. The summed E-state index contributed by atoms with van der Waals surface area (Å²) < 4.78 is 110. The van der Waals surface area contributed by atoms with E-state index in [2.05, 4.69) is 21.3 Å². The Morgan fingerprint density at radius 2 is 0.985 bits per heavy atom. The second-order valence-electron chi connectivity index (χ2n) is 19.2. The number of hydrogen-bond acceptors (Lipinski definition) is 10. The molecule has 3 aromatic rings. The van der Waals surface area contributed by atoms with Gasteiger partial charge in [0.1, 0.15) is 11.2 Å². The number of nitrogens with two attached hydrogens (primary N) is 1. The van der Waals surface area contributed by atoms with E-state index in [0.29, 0.717) is 0 Å². The van der Waals surface area contributed by atoms with Gasteiger partial charge in [-0.15, -0.1) is 0 Å². The Kier molecular flexibility index (Phi) is 19.5. The second kappa shape index (κ2) is 23.7. The number of ether oxygens (including phenoxy) is 2. The van der Waals surface area contributed by atoms with Crippen molar-refractivity contribution in [1.29, 1.82) is 0 Å². The number of benzene rings is 3. The van der Waals surface area contributed by atoms with Gasteiger partial charge in [-0.25, -0.2) is 9.59 Å². The van der Waals surface area contributed by atoms with Crippen LogP contribution in [0.25, 0.3) is 0 Å². The number of nitrogens with one attached hydrogen (secondary N) is 4. The van der Waals surface area contributed by atoms with Crippen molar-refractivity contribution in [3.8, 4) is 0 Å². The maximum absolute atomic E-state index is 12.2. The van der Waals surface area contributed by atoms with Crippen LogP contribution in [0.1, 0.15) is 148 Å². The predicted molar refractivity (Wildman–Crippen MR) is 244 cm³/mol. The molecule has 67 heavy (non-hydrogen) atoms. The van der Waals surface area contributed by atoms with Gasteiger partial charge in [-0.1, -0.05) is 54.6 Å². The zero-order valence-corrected chi connectivity index (χ0v) is 40.3. The molecule has 0 fully saturated rings. The van der Waals surface area contributed by atoms with E-state index < -0.39 is 58.9 Å². The van der Waals surface area contributed by atoms with Crippen LogP contribution in [0.15, 0.2) is 54.6 Å². The van der Waals surface area contributed by atoms with Crippen LogP contribution in [-0.4, -0.2) is 63.5 Å². The van der Waals surface area contributed by atoms with Gasteiger partial charge in [0, 0.05) is 19.1 Å². The lowest BCUT2D eigenvalue weighted by Crippen LogP contribution is -2.36. The Hall–Kier alpha value is -4.43. The summed E-state index contributed by atoms with van der Waals surface area (Å²) in [5, 5.41) is 10.6. The quantitative estimate of drug-likeness (QED) is 0.0921. The van der Waals surface area contributed by atoms with Crippen molar-refractivity contribution in [2.75, 3.05) is 19.3 Å². The van der Waals surface area contributed by atoms with Crippen LogP contribution in [-0.2, 0) is 62.7 Å². The van der Waals surface area contributed by atoms with Crippen molar-refractivity contribution in [2.24, 2.45) is 5.73 Å². The first kappa shape index (κ1) is 55.2. The summed E-state index contributed by atoms with van der Waals surface area (Å²) in [6.45, 7) is 9.37. The molecule has 0 radical (unpaired) electrons. The average Bonchev–Trinajstić information content (AvgIpc) is 3.18. The third-order valence-corrected chi connectivity index (χ3v) is 11.3. The van der Waals surface area contributed by atoms with Gasteiger partial charge in [-0.2, -0.15) is 34.8 Å². The van der Waals surface area contributed by atoms with Crippen LogP contribution in [0.4, 0.5) is 35.9 Å². The van der Waals surface area contributed by atoms with E-state index in [-0.39, 0.29) is 37.8 Å². The van der Waals surface area contributed by atoms with Gasteiger partial charge in [0.15, 0.2) is 0 Å². The summed E-state index contributed by atoms with van der Waals surface area (Å²) in [6.07, 6.45) is 0.0666. The predicted octanol–water partition coefficient (Wildman–Crippen LogP) is 9.98. The minimum atomic E-state index is -4.21. The molecular formula is C48H67F6N5O7S. The number of alkyl halides is 6. The van der Waals surface area contributed by atoms with Crippen LogP contribution in [0, 0.1) is 0 Å². The number of hydrogen-bond donors (Lipinski definition) is 5. The first-order chi connectivity index (χ1) is 31.0. The van der Waals surface area contributed by atoms with Crippen LogP contribution in [0.5, 0.6) is 0 Å². The van der Waals surface area contributed by atoms with Crippen molar-refractivity contribution in [3.63, 3.8) is 0 Å². The van der Waals surface area contributed by atoms with Crippen LogP contribution in [0.3, 0.4) is 0 Å². The Labute approximate surface area is 391 Å². The standard InChI is InChI=1S/C18H25F3N2O2.C17H25NO5S.C13H17F3N2/c1-17(2,3)25-16(24)23-15-6-4-5-13-9-12(7-8-14(13)15)10-22-11-18(19,20)21;1-17(2,3)23-16(19)18-15-7-5-6-13-10-12(8-9-14(13)15)11-22-24(4,20)21;14-13(15,16)8-18-7-9-4-5-11-10(6-9)2-1-3-12(11)17/h7-9,15,22H,4-6,10-11H2,1-3H3,(H,23,24);8-10,15H,5-7,11H2,1-4H3,(H,18,19);4-6,12,18H,1-3,7-8,17H2/t2*15-;12-/m111/s1. The fourth-order valence-corrected chi connectivity index (χ4v) is 8.37. The van der Waals surface area contributed by atoms with Gasteiger partial charge in [0.05, 0.1) is 38.0 Å². The SMILES string of the molecule is CC(C)(C)OC(=O)N[C@@H]1CCCc2cc(CNCC(F)(F)F)ccc21.CC(C)(C)OC(=O)N[C@@H]1CCCc2cc(COS(C)(=O)=O)ccc21.N[C@@H]1CCCc2cc(CNCC(F)(F)F)ccc21. The number of rotatable bonds is 11. The fraction of sp³-hybridized carbons (Fsp3) is 0.583. The van der Waals surface area contributed by atoms with E-state index in [9.17, 15) is 44.3 Å². The molecule has 6 N–H and O–H groups in total. The van der Waals surface area contributed by atoms with E-state index in [0.717, 1.165) is 109 Å². The zero-order chi connectivity index (χ0) is 49.8. The average molecular weight is 972 g/mol. The first-order valence-corrected chi connectivity index (χ1v) is 24.3. The van der Waals surface area contributed by atoms with Gasteiger partial charge in [-0.05, 0) is 149 Å². The van der Waals surface area contributed by atoms with Gasteiger partial charge >= 0.3 is 24.5 Å². The number of fused-ring (bicyclic) bond motifs is 3. The maximum atomic E-state index is 12.2. The van der Waals surface area contributed by atoms with Gasteiger partial charge < -0.3 is 36.5 Å². The molecule has 0 bridgehead atoms. The highest BCUT2D eigenvalue weighted by Crippen LogP contribution is 2.33. The minimum Gasteiger partial charge on any atom is -0.444 e. The highest BCUT2D eigenvalue weighted by atomic mass is 32.2. The number of carbonyl (C=O) groups excluding carboxylic acids is 2. The summed E-state index contributed by atoms with van der Waals surface area (Å²) in [5.41, 5.74) is 13.9. The molecule has 0 aliphatic heterocycles. The van der Waals surface area contributed by atoms with Crippen molar-refractivity contribution in [3.05, 3.63) is 105 Å². The number of alkyl carbamates (subject to hydrolysis) is 2. The Morgan fingerprint density at radius 3 is 1.39 bits per heavy atom. The number of halogens is 6. The topological polar surface area (TPSA) is 170 Å². The first-order valence-electron chi connectivity index (χ1n) is 22.5. The molecule has 3 atom stereocenters. The Balaban J connectivity index is 0.000000222. The monoisotopic (exact) mass is 971 g/mol. The van der Waals surface area contributed by atoms with Crippen molar-refractivity contribution >= 4 is 22.3 Å². The molecule has 3 aliphatic rings. The fourth-order valence-electron chi connectivity index (χ4n) is 8.02. The maximum Gasteiger partial charge on any atom is 0.408 e. The van der Waals surface area contributed by atoms with Crippen LogP contribution >= 0.6 is 0 Å². The third-order valence-electron chi connectivity index (χ3n) is 10.7. The molecule has 0 saturated carbocycles. The number of carbonyl (C=O) groups is 2. The normalized spacial score (nSPS) is 18.3. The van der Waals surface area contributed by atoms with Gasteiger partial charge in [-0.3, -0.25) is 4.18 Å². The van der Waals surface area contributed by atoms with Crippen molar-refractivity contribution < 1.29 is 58.0 Å². The lowest BCUT2D eigenvalue weighted by atomic mass is 9.86. The van der Waals surface area contributed by atoms with Crippen LogP contribution < -0.4 is 27.0 Å². The summed E-state index contributed by atoms with van der Waals surface area (Å²) in [5.74, 6) is 0. The molecular weight excluding hydrogens is 905 g/mol. The summed E-state index contributed by atoms with van der Waals surface area (Å²) in [6, 6.07) is 16.9. The molecule has 6 rings (SSSR count). The molecule has 12 nitrogen and oxygen atoms in total.